The zero-order valence-electron chi connectivity index (χ0n) is 13.8. The fraction of sp³-hybridized carbons (Fsp3) is 0.938. The predicted molar refractivity (Wildman–Crippen MR) is 84.0 cm³/mol. The van der Waals surface area contributed by atoms with Crippen LogP contribution in [0.5, 0.6) is 0 Å². The van der Waals surface area contributed by atoms with Crippen LogP contribution < -0.4 is 5.73 Å². The van der Waals surface area contributed by atoms with Crippen molar-refractivity contribution in [2.75, 3.05) is 39.3 Å². The fourth-order valence-electron chi connectivity index (χ4n) is 3.02. The molecule has 0 saturated carbocycles. The summed E-state index contributed by atoms with van der Waals surface area (Å²) >= 11 is 0. The molecule has 2 rings (SSSR count). The summed E-state index contributed by atoms with van der Waals surface area (Å²) in [6.07, 6.45) is 3.77. The smallest absolute Gasteiger partial charge is 0.240 e. The molecule has 5 nitrogen and oxygen atoms in total. The number of hydrogen-bond donors (Lipinski definition) is 1. The number of hydrogen-bond acceptors (Lipinski definition) is 4. The molecule has 0 spiro atoms. The van der Waals surface area contributed by atoms with Gasteiger partial charge in [0.05, 0.1) is 12.1 Å². The van der Waals surface area contributed by atoms with Crippen LogP contribution in [0.1, 0.15) is 40.0 Å². The van der Waals surface area contributed by atoms with Crippen LogP contribution in [0.15, 0.2) is 0 Å². The van der Waals surface area contributed by atoms with Gasteiger partial charge in [-0.05, 0) is 31.2 Å². The highest BCUT2D eigenvalue weighted by molar-refractivity contribution is 5.82. The van der Waals surface area contributed by atoms with Crippen molar-refractivity contribution in [2.45, 2.75) is 52.2 Å². The molecular formula is C16H31N3O2. The van der Waals surface area contributed by atoms with Crippen molar-refractivity contribution < 1.29 is 9.53 Å². The van der Waals surface area contributed by atoms with Gasteiger partial charge in [0, 0.05) is 32.8 Å². The van der Waals surface area contributed by atoms with Crippen LogP contribution in [0.4, 0.5) is 0 Å². The Morgan fingerprint density at radius 2 is 2.00 bits per heavy atom. The molecule has 0 bridgehead atoms. The van der Waals surface area contributed by atoms with Crippen molar-refractivity contribution in [2.24, 2.45) is 11.1 Å². The van der Waals surface area contributed by atoms with Crippen molar-refractivity contribution in [3.8, 4) is 0 Å². The van der Waals surface area contributed by atoms with E-state index >= 15 is 0 Å². The monoisotopic (exact) mass is 297 g/mol. The van der Waals surface area contributed by atoms with Crippen molar-refractivity contribution in [3.05, 3.63) is 0 Å². The maximum Gasteiger partial charge on any atom is 0.240 e. The highest BCUT2D eigenvalue weighted by Gasteiger charge is 2.32. The largest absolute Gasteiger partial charge is 0.377 e. The van der Waals surface area contributed by atoms with Gasteiger partial charge in [0.1, 0.15) is 0 Å². The number of carbonyl (C=O) groups is 1. The van der Waals surface area contributed by atoms with Gasteiger partial charge >= 0.3 is 0 Å². The molecule has 0 aliphatic carbocycles. The van der Waals surface area contributed by atoms with Gasteiger partial charge in [0.15, 0.2) is 0 Å². The molecule has 2 atom stereocenters. The Kier molecular flexibility index (Phi) is 5.63. The third-order valence-electron chi connectivity index (χ3n) is 4.59. The molecule has 5 heteroatoms. The Bertz CT molecular complexity index is 348. The summed E-state index contributed by atoms with van der Waals surface area (Å²) in [4.78, 5) is 16.9. The summed E-state index contributed by atoms with van der Waals surface area (Å²) in [5, 5.41) is 0. The fourth-order valence-corrected chi connectivity index (χ4v) is 3.02. The van der Waals surface area contributed by atoms with Crippen LogP contribution in [0.25, 0.3) is 0 Å². The van der Waals surface area contributed by atoms with E-state index in [-0.39, 0.29) is 11.3 Å². The van der Waals surface area contributed by atoms with Crippen molar-refractivity contribution in [1.82, 2.24) is 9.80 Å². The molecule has 21 heavy (non-hydrogen) atoms. The molecule has 122 valence electrons. The number of carbonyl (C=O) groups excluding carboxylic acids is 1. The Morgan fingerprint density at radius 3 is 2.62 bits per heavy atom. The van der Waals surface area contributed by atoms with Gasteiger partial charge in [-0.1, -0.05) is 20.8 Å². The van der Waals surface area contributed by atoms with Crippen LogP contribution in [-0.2, 0) is 9.53 Å². The van der Waals surface area contributed by atoms with Crippen LogP contribution >= 0.6 is 0 Å². The summed E-state index contributed by atoms with van der Waals surface area (Å²) < 4.78 is 5.71. The maximum atomic E-state index is 12.5. The average Bonchev–Trinajstić information content (AvgIpc) is 2.81. The molecule has 2 aliphatic rings. The summed E-state index contributed by atoms with van der Waals surface area (Å²) in [7, 11) is 0. The minimum atomic E-state index is -0.415. The number of amides is 1. The third-order valence-corrected chi connectivity index (χ3v) is 4.59. The maximum absolute atomic E-state index is 12.5. The molecular weight excluding hydrogens is 266 g/mol. The predicted octanol–water partition coefficient (Wildman–Crippen LogP) is 1.07. The van der Waals surface area contributed by atoms with E-state index in [4.69, 9.17) is 10.5 Å². The van der Waals surface area contributed by atoms with Gasteiger partial charge < -0.3 is 15.4 Å². The van der Waals surface area contributed by atoms with Crippen molar-refractivity contribution in [3.63, 3.8) is 0 Å². The molecule has 2 fully saturated rings. The second-order valence-corrected chi connectivity index (χ2v) is 7.46. The zero-order valence-corrected chi connectivity index (χ0v) is 13.8. The Hall–Kier alpha value is -0.650. The van der Waals surface area contributed by atoms with E-state index in [1.165, 1.54) is 12.8 Å². The van der Waals surface area contributed by atoms with E-state index in [0.717, 1.165) is 45.8 Å². The number of nitrogens with zero attached hydrogens (tertiary/aromatic N) is 2. The first-order valence-corrected chi connectivity index (χ1v) is 8.26. The van der Waals surface area contributed by atoms with Crippen molar-refractivity contribution >= 4 is 5.91 Å². The zero-order chi connectivity index (χ0) is 15.5. The normalized spacial score (nSPS) is 26.7. The van der Waals surface area contributed by atoms with E-state index in [0.29, 0.717) is 6.10 Å². The average molecular weight is 297 g/mol. The lowest BCUT2D eigenvalue weighted by atomic mass is 9.86. The minimum Gasteiger partial charge on any atom is -0.377 e. The van der Waals surface area contributed by atoms with E-state index in [1.807, 2.05) is 25.7 Å². The van der Waals surface area contributed by atoms with Crippen molar-refractivity contribution in [1.29, 1.82) is 0 Å². The first-order chi connectivity index (χ1) is 9.88. The minimum absolute atomic E-state index is 0.0986. The van der Waals surface area contributed by atoms with Gasteiger partial charge in [-0.3, -0.25) is 9.69 Å². The van der Waals surface area contributed by atoms with E-state index in [1.54, 1.807) is 0 Å². The third kappa shape index (κ3) is 4.66. The molecule has 0 aromatic carbocycles. The standard InChI is InChI=1S/C16H31N3O2/c1-16(2,3)14(17)15(20)19-8-5-7-18(9-10-19)12-13-6-4-11-21-13/h13-14H,4-12,17H2,1-3H3/t13?,14-/m0/s1. The number of ether oxygens (including phenoxy) is 1. The molecule has 2 saturated heterocycles. The molecule has 0 aromatic heterocycles. The molecule has 2 aliphatic heterocycles. The van der Waals surface area contributed by atoms with Gasteiger partial charge in [-0.25, -0.2) is 0 Å². The summed E-state index contributed by atoms with van der Waals surface area (Å²) in [5.41, 5.74) is 5.94. The lowest BCUT2D eigenvalue weighted by Gasteiger charge is -2.31. The molecule has 0 radical (unpaired) electrons. The Balaban J connectivity index is 1.83. The van der Waals surface area contributed by atoms with Gasteiger partial charge in [-0.2, -0.15) is 0 Å². The Morgan fingerprint density at radius 1 is 1.24 bits per heavy atom. The first kappa shape index (κ1) is 16.7. The number of nitrogens with two attached hydrogens (primary N) is 1. The SMILES string of the molecule is CC(C)(C)[C@@H](N)C(=O)N1CCCN(CC2CCCO2)CC1. The summed E-state index contributed by atoms with van der Waals surface area (Å²) in [6.45, 7) is 11.6. The highest BCUT2D eigenvalue weighted by Crippen LogP contribution is 2.20. The van der Waals surface area contributed by atoms with Crippen LogP contribution in [0.3, 0.4) is 0 Å². The summed E-state index contributed by atoms with van der Waals surface area (Å²) in [6, 6.07) is -0.415. The quantitative estimate of drug-likeness (QED) is 0.846. The van der Waals surface area contributed by atoms with Gasteiger partial charge in [-0.15, -0.1) is 0 Å². The Labute approximate surface area is 128 Å². The second kappa shape index (κ2) is 7.07. The summed E-state index contributed by atoms with van der Waals surface area (Å²) in [5.74, 6) is 0.0986. The lowest BCUT2D eigenvalue weighted by molar-refractivity contribution is -0.134. The lowest BCUT2D eigenvalue weighted by Crippen LogP contribution is -2.51. The second-order valence-electron chi connectivity index (χ2n) is 7.46. The van der Waals surface area contributed by atoms with Crippen LogP contribution in [0, 0.1) is 5.41 Å². The van der Waals surface area contributed by atoms with Gasteiger partial charge in [0.25, 0.3) is 0 Å². The first-order valence-electron chi connectivity index (χ1n) is 8.26. The van der Waals surface area contributed by atoms with Gasteiger partial charge in [0.2, 0.25) is 5.91 Å². The van der Waals surface area contributed by atoms with E-state index < -0.39 is 6.04 Å². The highest BCUT2D eigenvalue weighted by atomic mass is 16.5. The number of rotatable bonds is 3. The molecule has 2 heterocycles. The molecule has 1 amide bonds. The van der Waals surface area contributed by atoms with E-state index in [2.05, 4.69) is 4.90 Å². The molecule has 1 unspecified atom stereocenters. The van der Waals surface area contributed by atoms with E-state index in [9.17, 15) is 4.79 Å². The molecule has 0 aromatic rings. The molecule has 2 N–H and O–H groups in total. The van der Waals surface area contributed by atoms with Crippen LogP contribution in [-0.4, -0.2) is 67.2 Å². The topological polar surface area (TPSA) is 58.8 Å². The van der Waals surface area contributed by atoms with Crippen LogP contribution in [0.2, 0.25) is 0 Å².